The third-order valence-electron chi connectivity index (χ3n) is 4.98. The summed E-state index contributed by atoms with van der Waals surface area (Å²) in [5.74, 6) is 0. The molecule has 23 heavy (non-hydrogen) atoms. The highest BCUT2D eigenvalue weighted by Gasteiger charge is 2.26. The number of quaternary nitrogens is 2. The molecular weight excluding hydrogens is 331 g/mol. The van der Waals surface area contributed by atoms with Crippen molar-refractivity contribution in [3.8, 4) is 0 Å². The van der Waals surface area contributed by atoms with Gasteiger partial charge in [0.1, 0.15) is 13.1 Å². The molecule has 2 aliphatic rings. The lowest BCUT2D eigenvalue weighted by molar-refractivity contribution is -0.913. The van der Waals surface area contributed by atoms with Crippen molar-refractivity contribution in [2.45, 2.75) is 38.4 Å². The maximum Gasteiger partial charge on any atom is 0.155 e. The molecule has 2 fully saturated rings. The van der Waals surface area contributed by atoms with E-state index in [0.717, 1.165) is 6.61 Å². The van der Waals surface area contributed by atoms with Crippen molar-refractivity contribution in [1.82, 2.24) is 0 Å². The van der Waals surface area contributed by atoms with Crippen LogP contribution in [0.15, 0.2) is 30.3 Å². The third kappa shape index (κ3) is 6.98. The van der Waals surface area contributed by atoms with Crippen LogP contribution in [0.4, 0.5) is 0 Å². The molecule has 1 aromatic carbocycles. The predicted octanol–water partition coefficient (Wildman–Crippen LogP) is -6.06. The Kier molecular flexibility index (Phi) is 10.2. The van der Waals surface area contributed by atoms with E-state index in [-0.39, 0.29) is 24.8 Å². The van der Waals surface area contributed by atoms with Gasteiger partial charge < -0.3 is 39.4 Å². The number of rotatable bonds is 7. The summed E-state index contributed by atoms with van der Waals surface area (Å²) in [6.45, 7) is 8.57. The van der Waals surface area contributed by atoms with Crippen molar-refractivity contribution >= 4 is 0 Å². The van der Waals surface area contributed by atoms with Gasteiger partial charge in [-0.25, -0.2) is 0 Å². The van der Waals surface area contributed by atoms with Crippen LogP contribution in [0.2, 0.25) is 0 Å². The van der Waals surface area contributed by atoms with Crippen LogP contribution in [0.5, 0.6) is 0 Å². The van der Waals surface area contributed by atoms with Crippen molar-refractivity contribution in [3.63, 3.8) is 0 Å². The van der Waals surface area contributed by atoms with Gasteiger partial charge in [-0.1, -0.05) is 30.3 Å². The molecule has 3 rings (SSSR count). The van der Waals surface area contributed by atoms with E-state index in [1.54, 1.807) is 9.80 Å². The molecule has 0 spiro atoms. The molecule has 5 heteroatoms. The number of ether oxygens (including phenoxy) is 1. The van der Waals surface area contributed by atoms with Gasteiger partial charge in [0, 0.05) is 25.7 Å². The smallest absolute Gasteiger partial charge is 0.155 e. The minimum atomic E-state index is 0. The van der Waals surface area contributed by atoms with Gasteiger partial charge in [-0.2, -0.15) is 0 Å². The average Bonchev–Trinajstić information content (AvgIpc) is 3.20. The molecule has 1 aromatic rings. The minimum absolute atomic E-state index is 0. The Morgan fingerprint density at radius 2 is 1.26 bits per heavy atom. The SMILES string of the molecule is [Cl-].[Cl-].c1ccc(COC(C[NH+]2CCCC2)C[NH+]2CCCC2)cc1. The Morgan fingerprint density at radius 3 is 1.74 bits per heavy atom. The summed E-state index contributed by atoms with van der Waals surface area (Å²) in [6, 6.07) is 10.6. The number of nitrogens with one attached hydrogen (secondary N) is 2. The topological polar surface area (TPSA) is 18.1 Å². The highest BCUT2D eigenvalue weighted by Crippen LogP contribution is 2.03. The lowest BCUT2D eigenvalue weighted by Gasteiger charge is -2.24. The van der Waals surface area contributed by atoms with E-state index in [9.17, 15) is 0 Å². The van der Waals surface area contributed by atoms with Crippen LogP contribution in [-0.2, 0) is 11.3 Å². The van der Waals surface area contributed by atoms with Gasteiger partial charge >= 0.3 is 0 Å². The normalized spacial score (nSPS) is 18.8. The molecular formula is C18H30Cl2N2O. The highest BCUT2D eigenvalue weighted by atomic mass is 35.5. The van der Waals surface area contributed by atoms with E-state index in [2.05, 4.69) is 30.3 Å². The first-order valence-electron chi connectivity index (χ1n) is 8.73. The molecule has 2 saturated heterocycles. The second kappa shape index (κ2) is 11.3. The number of halogens is 2. The number of hydrogen-bond donors (Lipinski definition) is 2. The lowest BCUT2D eigenvalue weighted by atomic mass is 10.2. The molecule has 132 valence electrons. The van der Waals surface area contributed by atoms with Crippen LogP contribution in [0.1, 0.15) is 31.2 Å². The summed E-state index contributed by atoms with van der Waals surface area (Å²) < 4.78 is 6.31. The third-order valence-corrected chi connectivity index (χ3v) is 4.98. The monoisotopic (exact) mass is 360 g/mol. The van der Waals surface area contributed by atoms with Gasteiger partial charge in [0.05, 0.1) is 32.8 Å². The summed E-state index contributed by atoms with van der Waals surface area (Å²) in [6.07, 6.45) is 6.02. The molecule has 0 saturated carbocycles. The Morgan fingerprint density at radius 1 is 0.783 bits per heavy atom. The lowest BCUT2D eigenvalue weighted by Crippen LogP contribution is -3.15. The molecule has 2 heterocycles. The summed E-state index contributed by atoms with van der Waals surface area (Å²) in [5, 5.41) is 0. The van der Waals surface area contributed by atoms with Crippen LogP contribution in [-0.4, -0.2) is 45.4 Å². The summed E-state index contributed by atoms with van der Waals surface area (Å²) in [4.78, 5) is 3.51. The maximum absolute atomic E-state index is 6.31. The van der Waals surface area contributed by atoms with E-state index in [0.29, 0.717) is 6.10 Å². The van der Waals surface area contributed by atoms with Crippen molar-refractivity contribution in [2.75, 3.05) is 39.3 Å². The first kappa shape index (κ1) is 20.7. The van der Waals surface area contributed by atoms with Crippen molar-refractivity contribution in [3.05, 3.63) is 35.9 Å². The molecule has 0 atom stereocenters. The van der Waals surface area contributed by atoms with Gasteiger partial charge in [-0.15, -0.1) is 0 Å². The van der Waals surface area contributed by atoms with Gasteiger partial charge in [0.25, 0.3) is 0 Å². The van der Waals surface area contributed by atoms with Crippen LogP contribution in [0.25, 0.3) is 0 Å². The molecule has 0 bridgehead atoms. The molecule has 0 amide bonds. The zero-order valence-electron chi connectivity index (χ0n) is 13.9. The second-order valence-electron chi connectivity index (χ2n) is 6.74. The zero-order chi connectivity index (χ0) is 14.3. The van der Waals surface area contributed by atoms with Crippen molar-refractivity contribution < 1.29 is 39.4 Å². The predicted molar refractivity (Wildman–Crippen MR) is 84.6 cm³/mol. The van der Waals surface area contributed by atoms with Gasteiger partial charge in [0.15, 0.2) is 6.10 Å². The van der Waals surface area contributed by atoms with E-state index in [1.807, 2.05) is 0 Å². The Labute approximate surface area is 153 Å². The molecule has 2 aliphatic heterocycles. The fourth-order valence-electron chi connectivity index (χ4n) is 3.78. The van der Waals surface area contributed by atoms with E-state index >= 15 is 0 Å². The van der Waals surface area contributed by atoms with E-state index < -0.39 is 0 Å². The van der Waals surface area contributed by atoms with E-state index in [1.165, 1.54) is 70.5 Å². The maximum atomic E-state index is 6.31. The van der Waals surface area contributed by atoms with Crippen molar-refractivity contribution in [1.29, 1.82) is 0 Å². The Bertz CT molecular complexity index is 389. The van der Waals surface area contributed by atoms with Gasteiger partial charge in [0.2, 0.25) is 0 Å². The van der Waals surface area contributed by atoms with Crippen LogP contribution in [0, 0.1) is 0 Å². The number of benzene rings is 1. The average molecular weight is 361 g/mol. The molecule has 3 nitrogen and oxygen atoms in total. The first-order valence-corrected chi connectivity index (χ1v) is 8.73. The highest BCUT2D eigenvalue weighted by molar-refractivity contribution is 5.13. The molecule has 0 aliphatic carbocycles. The largest absolute Gasteiger partial charge is 1.00 e. The Balaban J connectivity index is 0.00000132. The molecule has 0 radical (unpaired) electrons. The first-order chi connectivity index (χ1) is 10.4. The number of hydrogen-bond acceptors (Lipinski definition) is 1. The second-order valence-corrected chi connectivity index (χ2v) is 6.74. The quantitative estimate of drug-likeness (QED) is 0.495. The fraction of sp³-hybridized carbons (Fsp3) is 0.667. The van der Waals surface area contributed by atoms with Crippen LogP contribution >= 0.6 is 0 Å². The van der Waals surface area contributed by atoms with Crippen LogP contribution in [0.3, 0.4) is 0 Å². The Hall–Kier alpha value is -0.320. The molecule has 0 aromatic heterocycles. The van der Waals surface area contributed by atoms with Crippen LogP contribution < -0.4 is 34.6 Å². The fourth-order valence-corrected chi connectivity index (χ4v) is 3.78. The van der Waals surface area contributed by atoms with Crippen molar-refractivity contribution in [2.24, 2.45) is 0 Å². The standard InChI is InChI=1S/C18H28N2O.2ClH/c1-2-8-17(9-3-1)16-21-18(14-19-10-4-5-11-19)15-20-12-6-7-13-20;;/h1-3,8-9,18H,4-7,10-16H2;2*1H. The summed E-state index contributed by atoms with van der Waals surface area (Å²) in [7, 11) is 0. The number of likely N-dealkylation sites (tertiary alicyclic amines) is 2. The van der Waals surface area contributed by atoms with Gasteiger partial charge in [-0.05, 0) is 5.56 Å². The van der Waals surface area contributed by atoms with E-state index in [4.69, 9.17) is 4.74 Å². The molecule has 2 N–H and O–H groups in total. The summed E-state index contributed by atoms with van der Waals surface area (Å²) >= 11 is 0. The minimum Gasteiger partial charge on any atom is -1.00 e. The van der Waals surface area contributed by atoms with Gasteiger partial charge in [-0.3, -0.25) is 0 Å². The zero-order valence-corrected chi connectivity index (χ0v) is 15.4. The molecule has 0 unspecified atom stereocenters. The summed E-state index contributed by atoms with van der Waals surface area (Å²) in [5.41, 5.74) is 1.30.